The molecule has 4 rings (SSSR count). The molecule has 2 aromatic rings. The summed E-state index contributed by atoms with van der Waals surface area (Å²) in [5.74, 6) is 0.860. The molecule has 1 heterocycles. The second-order valence-corrected chi connectivity index (χ2v) is 10.9. The fraction of sp³-hybridized carbons (Fsp3) is 0.545. The first-order valence-electron chi connectivity index (χ1n) is 17.9. The third-order valence-electron chi connectivity index (χ3n) is 7.46. The van der Waals surface area contributed by atoms with E-state index in [1.165, 1.54) is 84.9 Å². The van der Waals surface area contributed by atoms with Gasteiger partial charge in [0.2, 0.25) is 0 Å². The fourth-order valence-corrected chi connectivity index (χ4v) is 5.06. The Hall–Kier alpha value is -2.64. The molecule has 0 saturated heterocycles. The number of aryl methyl sites for hydroxylation is 2. The molecule has 2 aromatic carbocycles. The molecule has 1 saturated carbocycles. The van der Waals surface area contributed by atoms with Crippen LogP contribution in [-0.2, 0) is 19.4 Å². The lowest BCUT2D eigenvalue weighted by Crippen LogP contribution is -2.27. The molecule has 45 heavy (non-hydrogen) atoms. The van der Waals surface area contributed by atoms with Crippen molar-refractivity contribution in [2.24, 2.45) is 5.92 Å². The first-order valence-corrected chi connectivity index (χ1v) is 17.9. The molecule has 0 aromatic heterocycles. The van der Waals surface area contributed by atoms with E-state index in [1.807, 2.05) is 48.5 Å². The summed E-state index contributed by atoms with van der Waals surface area (Å²) in [5.41, 5.74) is 11.3. The monoisotopic (exact) mass is 620 g/mol. The molecule has 0 bridgehead atoms. The minimum absolute atomic E-state index is 0.860. The zero-order chi connectivity index (χ0) is 35.8. The molecular weight excluding hydrogens is 542 g/mol. The van der Waals surface area contributed by atoms with Gasteiger partial charge in [-0.3, -0.25) is 0 Å². The summed E-state index contributed by atoms with van der Waals surface area (Å²) in [6.45, 7) is 44.4. The topological polar surface area (TPSA) is 3.24 Å². The number of allylic oxidation sites excluding steroid dienone is 3. The van der Waals surface area contributed by atoms with Crippen molar-refractivity contribution in [2.75, 3.05) is 13.6 Å². The quantitative estimate of drug-likeness (QED) is 0.308. The van der Waals surface area contributed by atoms with Crippen LogP contribution >= 0.6 is 0 Å². The Balaban J connectivity index is -0.000000244. The van der Waals surface area contributed by atoms with Crippen LogP contribution in [0.15, 0.2) is 80.9 Å². The van der Waals surface area contributed by atoms with Crippen molar-refractivity contribution in [3.05, 3.63) is 114 Å². The van der Waals surface area contributed by atoms with Gasteiger partial charge in [-0.2, -0.15) is 0 Å². The normalized spacial score (nSPS) is 12.7. The van der Waals surface area contributed by atoms with Crippen molar-refractivity contribution in [2.45, 2.75) is 141 Å². The van der Waals surface area contributed by atoms with E-state index in [4.69, 9.17) is 0 Å². The first-order chi connectivity index (χ1) is 21.7. The van der Waals surface area contributed by atoms with Gasteiger partial charge in [0.05, 0.1) is 0 Å². The molecule has 1 fully saturated rings. The average Bonchev–Trinajstić information content (AvgIpc) is 3.08. The molecule has 258 valence electrons. The van der Waals surface area contributed by atoms with Crippen LogP contribution in [0, 0.1) is 19.8 Å². The molecule has 1 aliphatic carbocycles. The predicted octanol–water partition coefficient (Wildman–Crippen LogP) is 14.2. The summed E-state index contributed by atoms with van der Waals surface area (Å²) in [5, 5.41) is 0. The Bertz CT molecular complexity index is 990. The molecule has 0 spiro atoms. The molecule has 0 N–H and O–H groups in total. The second kappa shape index (κ2) is 34.2. The third-order valence-corrected chi connectivity index (χ3v) is 7.46. The van der Waals surface area contributed by atoms with E-state index in [-0.39, 0.29) is 0 Å². The number of hydrogen-bond donors (Lipinski definition) is 0. The highest BCUT2D eigenvalue weighted by atomic mass is 15.1. The highest BCUT2D eigenvalue weighted by Gasteiger charge is 2.15. The summed E-state index contributed by atoms with van der Waals surface area (Å²) in [7, 11) is 2.20. The summed E-state index contributed by atoms with van der Waals surface area (Å²) >= 11 is 0. The van der Waals surface area contributed by atoms with Gasteiger partial charge in [0.1, 0.15) is 0 Å². The highest BCUT2D eigenvalue weighted by molar-refractivity contribution is 5.64. The lowest BCUT2D eigenvalue weighted by atomic mass is 9.85. The van der Waals surface area contributed by atoms with E-state index < -0.39 is 0 Å². The average molecular weight is 620 g/mol. The third kappa shape index (κ3) is 22.5. The molecule has 0 atom stereocenters. The zero-order valence-electron chi connectivity index (χ0n) is 32.7. The molecule has 1 aliphatic heterocycles. The summed E-state index contributed by atoms with van der Waals surface area (Å²) < 4.78 is 0. The van der Waals surface area contributed by atoms with E-state index in [1.54, 1.807) is 17.2 Å². The standard InChI is InChI=1S/C12H17N.C12H16.C9H16.C3H6.3C2H6.C2H4/c1-9-4-5-11-6-7-13(3)8-12(11)10(9)2;1-4-7-11-8-5-6-9-12(11)10(2)3;1-8(2)9-6-4-3-5-7-9;1-3-2;4*1-2/h4-5H,6-8H2,1-3H3;5-6,8-9H,2,4,7H2,1,3H3;9H,1,3-7H2,2H3;3H,1H2,2H3;3*1-2H3;1-2H2. The van der Waals surface area contributed by atoms with Crippen LogP contribution in [0.1, 0.15) is 141 Å². The van der Waals surface area contributed by atoms with Crippen molar-refractivity contribution in [1.82, 2.24) is 4.90 Å². The number of rotatable bonds is 4. The van der Waals surface area contributed by atoms with Gasteiger partial charge in [-0.25, -0.2) is 0 Å². The van der Waals surface area contributed by atoms with Crippen molar-refractivity contribution in [3.63, 3.8) is 0 Å². The maximum Gasteiger partial charge on any atom is 0.0236 e. The molecule has 0 radical (unpaired) electrons. The van der Waals surface area contributed by atoms with E-state index >= 15 is 0 Å². The Morgan fingerprint density at radius 3 is 1.82 bits per heavy atom. The lowest BCUT2D eigenvalue weighted by molar-refractivity contribution is 0.312. The minimum atomic E-state index is 0.860. The zero-order valence-corrected chi connectivity index (χ0v) is 32.7. The highest BCUT2D eigenvalue weighted by Crippen LogP contribution is 2.28. The van der Waals surface area contributed by atoms with Crippen LogP contribution in [0.2, 0.25) is 0 Å². The Morgan fingerprint density at radius 1 is 0.867 bits per heavy atom. The first kappa shape index (κ1) is 49.2. The van der Waals surface area contributed by atoms with Crippen LogP contribution in [0.4, 0.5) is 0 Å². The molecule has 2 aliphatic rings. The van der Waals surface area contributed by atoms with Crippen LogP contribution < -0.4 is 0 Å². The van der Waals surface area contributed by atoms with Crippen LogP contribution in [0.3, 0.4) is 0 Å². The van der Waals surface area contributed by atoms with Gasteiger partial charge in [-0.15, -0.1) is 19.7 Å². The largest absolute Gasteiger partial charge is 0.302 e. The van der Waals surface area contributed by atoms with Gasteiger partial charge in [-0.1, -0.05) is 141 Å². The SMILES string of the molecule is C=C.C=C(C)C1CCCCC1.C=C(C)c1ccccc1CCC.C=CC.CC.CC.CC.Cc1ccc2c(c1C)CN(C)CC2. The predicted molar refractivity (Wildman–Crippen MR) is 214 cm³/mol. The number of fused-ring (bicyclic) bond motifs is 1. The van der Waals surface area contributed by atoms with E-state index in [0.29, 0.717) is 0 Å². The second-order valence-electron chi connectivity index (χ2n) is 10.9. The van der Waals surface area contributed by atoms with Gasteiger partial charge in [0, 0.05) is 13.1 Å². The van der Waals surface area contributed by atoms with Crippen molar-refractivity contribution in [1.29, 1.82) is 0 Å². The van der Waals surface area contributed by atoms with Gasteiger partial charge in [-0.05, 0) is 107 Å². The molecule has 0 amide bonds. The summed E-state index contributed by atoms with van der Waals surface area (Å²) in [6.07, 6.45) is 12.4. The van der Waals surface area contributed by atoms with Crippen molar-refractivity contribution in [3.8, 4) is 0 Å². The minimum Gasteiger partial charge on any atom is -0.302 e. The number of nitrogens with zero attached hydrogens (tertiary/aromatic N) is 1. The van der Waals surface area contributed by atoms with Gasteiger partial charge in [0.15, 0.2) is 0 Å². The Kier molecular flexibility index (Phi) is 37.5. The lowest BCUT2D eigenvalue weighted by Gasteiger charge is -2.27. The van der Waals surface area contributed by atoms with E-state index in [0.717, 1.165) is 18.9 Å². The van der Waals surface area contributed by atoms with E-state index in [2.05, 4.69) is 116 Å². The van der Waals surface area contributed by atoms with Gasteiger partial charge in [0.25, 0.3) is 0 Å². The van der Waals surface area contributed by atoms with Crippen molar-refractivity contribution < 1.29 is 0 Å². The number of likely N-dealkylation sites (N-methyl/N-ethyl adjacent to an activating group) is 1. The van der Waals surface area contributed by atoms with Crippen LogP contribution in [0.5, 0.6) is 0 Å². The van der Waals surface area contributed by atoms with Gasteiger partial charge >= 0.3 is 0 Å². The summed E-state index contributed by atoms with van der Waals surface area (Å²) in [6, 6.07) is 13.0. The molecular formula is C44H77N. The maximum atomic E-state index is 3.98. The molecule has 1 nitrogen and oxygen atoms in total. The smallest absolute Gasteiger partial charge is 0.0236 e. The molecule has 0 unspecified atom stereocenters. The fourth-order valence-electron chi connectivity index (χ4n) is 5.06. The maximum absolute atomic E-state index is 3.98. The Labute approximate surface area is 284 Å². The van der Waals surface area contributed by atoms with Crippen molar-refractivity contribution >= 4 is 5.57 Å². The number of hydrogen-bond acceptors (Lipinski definition) is 1. The summed E-state index contributed by atoms with van der Waals surface area (Å²) in [4.78, 5) is 2.40. The van der Waals surface area contributed by atoms with Crippen LogP contribution in [0.25, 0.3) is 5.57 Å². The van der Waals surface area contributed by atoms with E-state index in [9.17, 15) is 0 Å². The number of benzene rings is 2. The molecule has 1 heteroatoms. The van der Waals surface area contributed by atoms with Crippen LogP contribution in [-0.4, -0.2) is 18.5 Å². The van der Waals surface area contributed by atoms with Gasteiger partial charge < -0.3 is 4.90 Å². The Morgan fingerprint density at radius 2 is 1.38 bits per heavy atom.